The van der Waals surface area contributed by atoms with E-state index in [1.165, 1.54) is 38.5 Å². The van der Waals surface area contributed by atoms with Gasteiger partial charge in [0.1, 0.15) is 5.60 Å². The molecule has 0 radical (unpaired) electrons. The van der Waals surface area contributed by atoms with Crippen molar-refractivity contribution in [1.82, 2.24) is 4.90 Å². The molecule has 0 aromatic carbocycles. The number of rotatable bonds is 5. The van der Waals surface area contributed by atoms with Crippen LogP contribution in [0.1, 0.15) is 65.7 Å². The molecule has 2 aliphatic rings. The van der Waals surface area contributed by atoms with Crippen molar-refractivity contribution in [1.29, 1.82) is 0 Å². The lowest BCUT2D eigenvalue weighted by atomic mass is 9.87. The van der Waals surface area contributed by atoms with Gasteiger partial charge in [-0.2, -0.15) is 0 Å². The number of ether oxygens (including phenoxy) is 1. The average Bonchev–Trinajstić information content (AvgIpc) is 3.16. The van der Waals surface area contributed by atoms with E-state index in [4.69, 9.17) is 10.5 Å². The molecule has 1 heterocycles. The smallest absolute Gasteiger partial charge is 0.410 e. The molecule has 0 aromatic heterocycles. The Bertz CT molecular complexity index is 358. The number of carbonyl (C=O) groups excluding carboxylic acids is 1. The highest BCUT2D eigenvalue weighted by Gasteiger charge is 2.41. The number of piperidine rings is 1. The van der Waals surface area contributed by atoms with Crippen LogP contribution in [-0.2, 0) is 4.74 Å². The second-order valence-electron chi connectivity index (χ2n) is 8.01. The fraction of sp³-hybridized carbons (Fsp3) is 0.941. The van der Waals surface area contributed by atoms with Crippen LogP contribution in [0, 0.1) is 11.3 Å². The summed E-state index contributed by atoms with van der Waals surface area (Å²) in [6.07, 6.45) is 8.62. The minimum atomic E-state index is -0.400. The molecule has 0 aromatic rings. The van der Waals surface area contributed by atoms with Crippen LogP contribution in [0.4, 0.5) is 4.79 Å². The van der Waals surface area contributed by atoms with E-state index in [2.05, 4.69) is 0 Å². The van der Waals surface area contributed by atoms with Crippen LogP contribution < -0.4 is 5.73 Å². The predicted octanol–water partition coefficient (Wildman–Crippen LogP) is 3.54. The van der Waals surface area contributed by atoms with E-state index in [1.54, 1.807) is 0 Å². The van der Waals surface area contributed by atoms with Crippen molar-refractivity contribution < 1.29 is 9.53 Å². The molecule has 4 nitrogen and oxygen atoms in total. The van der Waals surface area contributed by atoms with Gasteiger partial charge >= 0.3 is 6.09 Å². The lowest BCUT2D eigenvalue weighted by Crippen LogP contribution is -2.43. The fourth-order valence-electron chi connectivity index (χ4n) is 3.41. The van der Waals surface area contributed by atoms with Crippen LogP contribution in [-0.4, -0.2) is 36.2 Å². The van der Waals surface area contributed by atoms with Crippen LogP contribution in [0.3, 0.4) is 0 Å². The van der Waals surface area contributed by atoms with E-state index in [0.29, 0.717) is 11.3 Å². The largest absolute Gasteiger partial charge is 0.444 e. The molecular formula is C17H32N2O2. The van der Waals surface area contributed by atoms with Gasteiger partial charge in [-0.3, -0.25) is 0 Å². The Morgan fingerprint density at radius 3 is 2.62 bits per heavy atom. The Morgan fingerprint density at radius 2 is 2.05 bits per heavy atom. The van der Waals surface area contributed by atoms with Crippen LogP contribution in [0.15, 0.2) is 0 Å². The van der Waals surface area contributed by atoms with Gasteiger partial charge in [0.15, 0.2) is 0 Å². The van der Waals surface area contributed by atoms with Gasteiger partial charge in [0, 0.05) is 13.1 Å². The minimum Gasteiger partial charge on any atom is -0.444 e. The molecule has 2 fully saturated rings. The number of likely N-dealkylation sites (tertiary alicyclic amines) is 1. The molecule has 1 saturated heterocycles. The van der Waals surface area contributed by atoms with Gasteiger partial charge < -0.3 is 15.4 Å². The normalized spacial score (nSPS) is 24.8. The molecule has 1 aliphatic carbocycles. The van der Waals surface area contributed by atoms with Crippen molar-refractivity contribution in [2.75, 3.05) is 19.6 Å². The first kappa shape index (κ1) is 16.6. The van der Waals surface area contributed by atoms with Gasteiger partial charge in [-0.05, 0) is 83.6 Å². The molecule has 21 heavy (non-hydrogen) atoms. The summed E-state index contributed by atoms with van der Waals surface area (Å²) in [6.45, 7) is 8.31. The van der Waals surface area contributed by atoms with Gasteiger partial charge in [-0.1, -0.05) is 0 Å². The summed E-state index contributed by atoms with van der Waals surface area (Å²) in [4.78, 5) is 14.1. The summed E-state index contributed by atoms with van der Waals surface area (Å²) in [5, 5.41) is 0. The van der Waals surface area contributed by atoms with Gasteiger partial charge in [0.05, 0.1) is 0 Å². The van der Waals surface area contributed by atoms with E-state index >= 15 is 0 Å². The topological polar surface area (TPSA) is 55.6 Å². The van der Waals surface area contributed by atoms with Crippen molar-refractivity contribution >= 4 is 6.09 Å². The predicted molar refractivity (Wildman–Crippen MR) is 85.1 cm³/mol. The monoisotopic (exact) mass is 296 g/mol. The molecule has 1 aliphatic heterocycles. The van der Waals surface area contributed by atoms with Gasteiger partial charge in [-0.15, -0.1) is 0 Å². The van der Waals surface area contributed by atoms with E-state index in [0.717, 1.165) is 26.1 Å². The molecule has 1 amide bonds. The molecule has 4 heteroatoms. The zero-order chi connectivity index (χ0) is 15.5. The van der Waals surface area contributed by atoms with Gasteiger partial charge in [0.25, 0.3) is 0 Å². The van der Waals surface area contributed by atoms with E-state index in [-0.39, 0.29) is 6.09 Å². The second-order valence-corrected chi connectivity index (χ2v) is 8.01. The number of carbonyl (C=O) groups is 1. The molecule has 0 spiro atoms. The van der Waals surface area contributed by atoms with Crippen molar-refractivity contribution in [3.8, 4) is 0 Å². The Balaban J connectivity index is 1.77. The fourth-order valence-corrected chi connectivity index (χ4v) is 3.41. The van der Waals surface area contributed by atoms with Crippen molar-refractivity contribution in [3.05, 3.63) is 0 Å². The standard InChI is InChI=1S/C17H32N2O2/c1-16(2,3)21-15(20)19-12-4-5-14(13-19)6-7-17(8-9-17)10-11-18/h14H,4-13,18H2,1-3H3. The van der Waals surface area contributed by atoms with Crippen LogP contribution in [0.5, 0.6) is 0 Å². The molecule has 1 saturated carbocycles. The first-order chi connectivity index (χ1) is 9.84. The third-order valence-electron chi connectivity index (χ3n) is 4.89. The average molecular weight is 296 g/mol. The zero-order valence-electron chi connectivity index (χ0n) is 14.0. The van der Waals surface area contributed by atoms with Gasteiger partial charge in [0.2, 0.25) is 0 Å². The number of nitrogens with two attached hydrogens (primary N) is 1. The van der Waals surface area contributed by atoms with Crippen molar-refractivity contribution in [2.24, 2.45) is 17.1 Å². The number of hydrogen-bond donors (Lipinski definition) is 1. The first-order valence-corrected chi connectivity index (χ1v) is 8.52. The number of nitrogens with zero attached hydrogens (tertiary/aromatic N) is 1. The van der Waals surface area contributed by atoms with Crippen molar-refractivity contribution in [3.63, 3.8) is 0 Å². The molecule has 1 unspecified atom stereocenters. The minimum absolute atomic E-state index is 0.143. The van der Waals surface area contributed by atoms with Gasteiger partial charge in [-0.25, -0.2) is 4.79 Å². The Hall–Kier alpha value is -0.770. The molecule has 2 N–H and O–H groups in total. The summed E-state index contributed by atoms with van der Waals surface area (Å²) in [5.41, 5.74) is 5.87. The summed E-state index contributed by atoms with van der Waals surface area (Å²) in [7, 11) is 0. The molecule has 2 rings (SSSR count). The molecule has 0 bridgehead atoms. The first-order valence-electron chi connectivity index (χ1n) is 8.52. The molecule has 1 atom stereocenters. The maximum atomic E-state index is 12.2. The maximum absolute atomic E-state index is 12.2. The van der Waals surface area contributed by atoms with Crippen molar-refractivity contribution in [2.45, 2.75) is 71.3 Å². The van der Waals surface area contributed by atoms with Crippen LogP contribution >= 0.6 is 0 Å². The maximum Gasteiger partial charge on any atom is 0.410 e. The third-order valence-corrected chi connectivity index (χ3v) is 4.89. The van der Waals surface area contributed by atoms with Crippen LogP contribution in [0.2, 0.25) is 0 Å². The Kier molecular flexibility index (Phi) is 5.18. The van der Waals surface area contributed by atoms with E-state index in [1.807, 2.05) is 25.7 Å². The highest BCUT2D eigenvalue weighted by Crippen LogP contribution is 2.53. The quantitative estimate of drug-likeness (QED) is 0.844. The second kappa shape index (κ2) is 6.55. The van der Waals surface area contributed by atoms with E-state index in [9.17, 15) is 4.79 Å². The highest BCUT2D eigenvalue weighted by molar-refractivity contribution is 5.68. The molecule has 122 valence electrons. The SMILES string of the molecule is CC(C)(C)OC(=O)N1CCCC(CCC2(CCN)CC2)C1. The Morgan fingerprint density at radius 1 is 1.33 bits per heavy atom. The lowest BCUT2D eigenvalue weighted by Gasteiger charge is -2.34. The zero-order valence-corrected chi connectivity index (χ0v) is 14.0. The summed E-state index contributed by atoms with van der Waals surface area (Å²) in [6, 6.07) is 0. The summed E-state index contributed by atoms with van der Waals surface area (Å²) in [5.74, 6) is 0.640. The summed E-state index contributed by atoms with van der Waals surface area (Å²) >= 11 is 0. The highest BCUT2D eigenvalue weighted by atomic mass is 16.6. The molecular weight excluding hydrogens is 264 g/mol. The van der Waals surface area contributed by atoms with E-state index < -0.39 is 5.60 Å². The number of amides is 1. The summed E-state index contributed by atoms with van der Waals surface area (Å²) < 4.78 is 5.49. The Labute approximate surface area is 129 Å². The lowest BCUT2D eigenvalue weighted by molar-refractivity contribution is 0.0158. The third kappa shape index (κ3) is 5.17. The van der Waals surface area contributed by atoms with Crippen LogP contribution in [0.25, 0.3) is 0 Å². The number of hydrogen-bond acceptors (Lipinski definition) is 3.